The van der Waals surface area contributed by atoms with Crippen molar-refractivity contribution in [3.8, 4) is 0 Å². The molecule has 1 amide bonds. The smallest absolute Gasteiger partial charge is 0.220 e. The SMILES string of the molecule is CC(C)(C)CCC(=O)NC1CCCC1CN.Cl. The summed E-state index contributed by atoms with van der Waals surface area (Å²) in [5.41, 5.74) is 5.93. The molecule has 0 radical (unpaired) electrons. The van der Waals surface area contributed by atoms with Crippen LogP contribution in [0.1, 0.15) is 52.9 Å². The average Bonchev–Trinajstić information content (AvgIpc) is 2.61. The van der Waals surface area contributed by atoms with Crippen LogP contribution in [-0.2, 0) is 4.79 Å². The summed E-state index contributed by atoms with van der Waals surface area (Å²) in [7, 11) is 0. The summed E-state index contributed by atoms with van der Waals surface area (Å²) in [5, 5.41) is 3.13. The van der Waals surface area contributed by atoms with Crippen molar-refractivity contribution in [3.05, 3.63) is 0 Å². The minimum absolute atomic E-state index is 0. The third-order valence-electron chi connectivity index (χ3n) is 3.41. The van der Waals surface area contributed by atoms with Crippen molar-refractivity contribution < 1.29 is 4.79 Å². The molecule has 0 aromatic rings. The van der Waals surface area contributed by atoms with Crippen LogP contribution in [0.5, 0.6) is 0 Å². The van der Waals surface area contributed by atoms with E-state index in [9.17, 15) is 4.79 Å². The standard InChI is InChI=1S/C13H26N2O.ClH/c1-13(2,3)8-7-12(16)15-11-6-4-5-10(11)9-14;/h10-11H,4-9,14H2,1-3H3,(H,15,16);1H. The van der Waals surface area contributed by atoms with Crippen LogP contribution in [0.4, 0.5) is 0 Å². The molecule has 0 heterocycles. The van der Waals surface area contributed by atoms with Crippen molar-refractivity contribution >= 4 is 18.3 Å². The number of hydrogen-bond acceptors (Lipinski definition) is 2. The maximum Gasteiger partial charge on any atom is 0.220 e. The molecular weight excluding hydrogens is 236 g/mol. The summed E-state index contributed by atoms with van der Waals surface area (Å²) in [4.78, 5) is 11.8. The largest absolute Gasteiger partial charge is 0.353 e. The zero-order valence-corrected chi connectivity index (χ0v) is 12.1. The number of halogens is 1. The second kappa shape index (κ2) is 7.22. The predicted molar refractivity (Wildman–Crippen MR) is 74.3 cm³/mol. The number of carbonyl (C=O) groups excluding carboxylic acids is 1. The first-order valence-corrected chi connectivity index (χ1v) is 6.42. The van der Waals surface area contributed by atoms with E-state index >= 15 is 0 Å². The van der Waals surface area contributed by atoms with E-state index in [1.807, 2.05) is 0 Å². The van der Waals surface area contributed by atoms with Crippen molar-refractivity contribution in [2.24, 2.45) is 17.1 Å². The van der Waals surface area contributed by atoms with E-state index in [0.29, 0.717) is 24.9 Å². The topological polar surface area (TPSA) is 55.1 Å². The van der Waals surface area contributed by atoms with Crippen LogP contribution in [-0.4, -0.2) is 18.5 Å². The molecule has 3 N–H and O–H groups in total. The van der Waals surface area contributed by atoms with Gasteiger partial charge in [0.1, 0.15) is 0 Å². The number of amides is 1. The molecule has 0 spiro atoms. The van der Waals surface area contributed by atoms with Crippen molar-refractivity contribution in [1.29, 1.82) is 0 Å². The fourth-order valence-corrected chi connectivity index (χ4v) is 2.28. The summed E-state index contributed by atoms with van der Waals surface area (Å²) >= 11 is 0. The monoisotopic (exact) mass is 262 g/mol. The molecule has 3 nitrogen and oxygen atoms in total. The van der Waals surface area contributed by atoms with Gasteiger partial charge < -0.3 is 11.1 Å². The van der Waals surface area contributed by atoms with Gasteiger partial charge in [0.15, 0.2) is 0 Å². The van der Waals surface area contributed by atoms with Gasteiger partial charge in [-0.05, 0) is 37.1 Å². The maximum atomic E-state index is 11.8. The molecule has 0 saturated heterocycles. The summed E-state index contributed by atoms with van der Waals surface area (Å²) in [5.74, 6) is 0.693. The number of nitrogens with two attached hydrogens (primary N) is 1. The zero-order chi connectivity index (χ0) is 12.2. The molecule has 1 fully saturated rings. The lowest BCUT2D eigenvalue weighted by Crippen LogP contribution is -2.40. The Morgan fingerprint density at radius 1 is 1.35 bits per heavy atom. The van der Waals surface area contributed by atoms with E-state index in [1.165, 1.54) is 12.8 Å². The summed E-state index contributed by atoms with van der Waals surface area (Å²) in [6, 6.07) is 0.331. The van der Waals surface area contributed by atoms with E-state index in [-0.39, 0.29) is 23.7 Å². The Balaban J connectivity index is 0.00000256. The first-order valence-electron chi connectivity index (χ1n) is 6.42. The van der Waals surface area contributed by atoms with E-state index in [2.05, 4.69) is 26.1 Å². The Labute approximate surface area is 111 Å². The minimum atomic E-state index is 0. The Hall–Kier alpha value is -0.280. The molecule has 17 heavy (non-hydrogen) atoms. The number of rotatable bonds is 4. The van der Waals surface area contributed by atoms with Gasteiger partial charge in [0.05, 0.1) is 0 Å². The molecule has 1 aliphatic rings. The predicted octanol–water partition coefficient (Wildman–Crippen LogP) is 2.48. The lowest BCUT2D eigenvalue weighted by atomic mass is 9.90. The van der Waals surface area contributed by atoms with Gasteiger partial charge in [-0.3, -0.25) is 4.79 Å². The van der Waals surface area contributed by atoms with Gasteiger partial charge in [-0.2, -0.15) is 0 Å². The fourth-order valence-electron chi connectivity index (χ4n) is 2.28. The molecule has 0 aliphatic heterocycles. The molecule has 2 unspecified atom stereocenters. The average molecular weight is 263 g/mol. The summed E-state index contributed by atoms with van der Waals surface area (Å²) in [6.07, 6.45) is 5.05. The molecule has 0 aromatic carbocycles. The zero-order valence-electron chi connectivity index (χ0n) is 11.3. The highest BCUT2D eigenvalue weighted by molar-refractivity contribution is 5.85. The third kappa shape index (κ3) is 6.27. The lowest BCUT2D eigenvalue weighted by Gasteiger charge is -2.21. The Morgan fingerprint density at radius 3 is 2.53 bits per heavy atom. The molecular formula is C13H27ClN2O. The minimum Gasteiger partial charge on any atom is -0.353 e. The van der Waals surface area contributed by atoms with Gasteiger partial charge >= 0.3 is 0 Å². The van der Waals surface area contributed by atoms with Crippen LogP contribution < -0.4 is 11.1 Å². The van der Waals surface area contributed by atoms with Crippen molar-refractivity contribution in [2.45, 2.75) is 58.9 Å². The van der Waals surface area contributed by atoms with Gasteiger partial charge in [0.25, 0.3) is 0 Å². The van der Waals surface area contributed by atoms with Crippen LogP contribution in [0.25, 0.3) is 0 Å². The first kappa shape index (κ1) is 16.7. The van der Waals surface area contributed by atoms with E-state index in [1.54, 1.807) is 0 Å². The molecule has 1 aliphatic carbocycles. The van der Waals surface area contributed by atoms with Gasteiger partial charge in [-0.15, -0.1) is 12.4 Å². The van der Waals surface area contributed by atoms with Crippen molar-refractivity contribution in [3.63, 3.8) is 0 Å². The van der Waals surface area contributed by atoms with Crippen LogP contribution in [0.15, 0.2) is 0 Å². The number of nitrogens with one attached hydrogen (secondary N) is 1. The molecule has 1 saturated carbocycles. The highest BCUT2D eigenvalue weighted by Gasteiger charge is 2.27. The highest BCUT2D eigenvalue weighted by Crippen LogP contribution is 2.25. The number of carbonyl (C=O) groups is 1. The van der Waals surface area contributed by atoms with E-state index in [0.717, 1.165) is 12.8 Å². The van der Waals surface area contributed by atoms with Crippen LogP contribution in [0, 0.1) is 11.3 Å². The van der Waals surface area contributed by atoms with Crippen LogP contribution in [0.3, 0.4) is 0 Å². The van der Waals surface area contributed by atoms with E-state index < -0.39 is 0 Å². The highest BCUT2D eigenvalue weighted by atomic mass is 35.5. The second-order valence-electron chi connectivity index (χ2n) is 6.16. The second-order valence-corrected chi connectivity index (χ2v) is 6.16. The third-order valence-corrected chi connectivity index (χ3v) is 3.41. The normalized spacial score (nSPS) is 24.2. The summed E-state index contributed by atoms with van der Waals surface area (Å²) < 4.78 is 0. The van der Waals surface area contributed by atoms with Gasteiger partial charge in [0.2, 0.25) is 5.91 Å². The molecule has 2 atom stereocenters. The molecule has 1 rings (SSSR count). The number of hydrogen-bond donors (Lipinski definition) is 2. The van der Waals surface area contributed by atoms with Crippen molar-refractivity contribution in [1.82, 2.24) is 5.32 Å². The van der Waals surface area contributed by atoms with Gasteiger partial charge in [0, 0.05) is 12.5 Å². The Bertz CT molecular complexity index is 238. The Kier molecular flexibility index (Phi) is 7.10. The van der Waals surface area contributed by atoms with Crippen LogP contribution >= 0.6 is 12.4 Å². The molecule has 0 aromatic heterocycles. The van der Waals surface area contributed by atoms with Crippen LogP contribution in [0.2, 0.25) is 0 Å². The van der Waals surface area contributed by atoms with E-state index in [4.69, 9.17) is 5.73 Å². The van der Waals surface area contributed by atoms with Gasteiger partial charge in [-0.1, -0.05) is 27.2 Å². The fraction of sp³-hybridized carbons (Fsp3) is 0.923. The summed E-state index contributed by atoms with van der Waals surface area (Å²) in [6.45, 7) is 7.19. The molecule has 4 heteroatoms. The molecule has 0 bridgehead atoms. The van der Waals surface area contributed by atoms with Gasteiger partial charge in [-0.25, -0.2) is 0 Å². The lowest BCUT2D eigenvalue weighted by molar-refractivity contribution is -0.122. The quantitative estimate of drug-likeness (QED) is 0.818. The first-order chi connectivity index (χ1) is 7.42. The molecule has 102 valence electrons. The van der Waals surface area contributed by atoms with Crippen molar-refractivity contribution in [2.75, 3.05) is 6.54 Å². The Morgan fingerprint density at radius 2 is 2.00 bits per heavy atom. The maximum absolute atomic E-state index is 11.8.